The molecule has 0 N–H and O–H groups in total. The fraction of sp³-hybridized carbons (Fsp3) is 0.125. The third-order valence-electron chi connectivity index (χ3n) is 3.38. The highest BCUT2D eigenvalue weighted by atomic mass is 32.2. The van der Waals surface area contributed by atoms with Crippen molar-refractivity contribution >= 4 is 17.4 Å². The Morgan fingerprint density at radius 3 is 2.52 bits per heavy atom. The van der Waals surface area contributed by atoms with Gasteiger partial charge in [-0.3, -0.25) is 0 Å². The van der Waals surface area contributed by atoms with E-state index in [4.69, 9.17) is 11.3 Å². The van der Waals surface area contributed by atoms with E-state index in [1.165, 1.54) is 6.07 Å². The van der Waals surface area contributed by atoms with Crippen LogP contribution in [0.25, 0.3) is 4.85 Å². The fourth-order valence-corrected chi connectivity index (χ4v) is 3.31. The highest BCUT2D eigenvalue weighted by molar-refractivity contribution is 8.00. The molecule has 2 aromatic rings. The third-order valence-corrected chi connectivity index (χ3v) is 4.52. The first-order valence-corrected chi connectivity index (χ1v) is 7.39. The van der Waals surface area contributed by atoms with Crippen LogP contribution in [0.15, 0.2) is 35.2 Å². The molecule has 0 radical (unpaired) electrons. The molecule has 2 aromatic carbocycles. The zero-order valence-corrected chi connectivity index (χ0v) is 12.8. The molecule has 3 nitrogen and oxygen atoms in total. The molecule has 0 unspecified atom stereocenters. The minimum absolute atomic E-state index is 0.0814. The Hall–Kier alpha value is -2.78. The van der Waals surface area contributed by atoms with Gasteiger partial charge in [0.1, 0.15) is 28.9 Å². The van der Waals surface area contributed by atoms with E-state index in [0.29, 0.717) is 0 Å². The molecule has 0 spiro atoms. The first-order valence-electron chi connectivity index (χ1n) is 6.57. The molecular weight excluding hydrogens is 363 g/mol. The van der Waals surface area contributed by atoms with E-state index in [9.17, 15) is 27.2 Å². The first-order chi connectivity index (χ1) is 11.7. The van der Waals surface area contributed by atoms with Gasteiger partial charge in [0, 0.05) is 16.5 Å². The molecule has 0 fully saturated rings. The predicted molar refractivity (Wildman–Crippen MR) is 78.6 cm³/mol. The fourth-order valence-electron chi connectivity index (χ4n) is 2.26. The van der Waals surface area contributed by atoms with E-state index in [1.807, 2.05) is 0 Å². The average molecular weight is 368 g/mol. The Bertz CT molecular complexity index is 962. The summed E-state index contributed by atoms with van der Waals surface area (Å²) in [5.74, 6) is -5.66. The summed E-state index contributed by atoms with van der Waals surface area (Å²) >= 11 is -0.421. The van der Waals surface area contributed by atoms with Crippen LogP contribution in [0.5, 0.6) is 11.5 Å². The van der Waals surface area contributed by atoms with Gasteiger partial charge in [0.2, 0.25) is 0 Å². The molecule has 0 saturated heterocycles. The molecular formula is C16H5F5N2OS. The van der Waals surface area contributed by atoms with Gasteiger partial charge < -0.3 is 4.74 Å². The van der Waals surface area contributed by atoms with Crippen molar-refractivity contribution in [2.75, 3.05) is 0 Å². The van der Waals surface area contributed by atoms with Gasteiger partial charge in [-0.05, 0) is 36.0 Å². The third kappa shape index (κ3) is 2.67. The van der Waals surface area contributed by atoms with E-state index >= 15 is 0 Å². The van der Waals surface area contributed by atoms with E-state index < -0.39 is 44.8 Å². The number of benzene rings is 2. The molecule has 1 heterocycles. The van der Waals surface area contributed by atoms with Crippen molar-refractivity contribution in [3.05, 3.63) is 58.7 Å². The van der Waals surface area contributed by atoms with E-state index in [1.54, 1.807) is 6.07 Å². The summed E-state index contributed by atoms with van der Waals surface area (Å²) in [7, 11) is 0. The van der Waals surface area contributed by atoms with Crippen molar-refractivity contribution in [1.29, 1.82) is 5.26 Å². The molecule has 0 atom stereocenters. The van der Waals surface area contributed by atoms with Crippen molar-refractivity contribution < 1.29 is 26.7 Å². The van der Waals surface area contributed by atoms with Gasteiger partial charge in [-0.1, -0.05) is 0 Å². The molecule has 9 heteroatoms. The number of ether oxygens (including phenoxy) is 1. The minimum atomic E-state index is -4.42. The molecule has 1 aliphatic rings. The predicted octanol–water partition coefficient (Wildman–Crippen LogP) is 5.83. The Labute approximate surface area is 142 Å². The maximum absolute atomic E-state index is 13.7. The highest BCUT2D eigenvalue weighted by Crippen LogP contribution is 2.62. The van der Waals surface area contributed by atoms with Crippen LogP contribution in [0.4, 0.5) is 27.6 Å². The van der Waals surface area contributed by atoms with Crippen molar-refractivity contribution in [2.45, 2.75) is 16.1 Å². The summed E-state index contributed by atoms with van der Waals surface area (Å²) in [4.78, 5) is 2.45. The Morgan fingerprint density at radius 1 is 1.16 bits per heavy atom. The van der Waals surface area contributed by atoms with Crippen molar-refractivity contribution in [2.24, 2.45) is 0 Å². The van der Waals surface area contributed by atoms with Crippen LogP contribution in [-0.2, 0) is 5.92 Å². The SMILES string of the molecule is [C-]#[N+]c1cc(F)cc(Oc2ccc3c(c2C#N)SC(F)(F)C3(F)F)c1. The summed E-state index contributed by atoms with van der Waals surface area (Å²) in [6, 6.07) is 6.29. The summed E-state index contributed by atoms with van der Waals surface area (Å²) in [5.41, 5.74) is -1.55. The Kier molecular flexibility index (Phi) is 3.85. The smallest absolute Gasteiger partial charge is 0.364 e. The summed E-state index contributed by atoms with van der Waals surface area (Å²) < 4.78 is 73.2. The molecule has 0 amide bonds. The normalized spacial score (nSPS) is 16.6. The van der Waals surface area contributed by atoms with Gasteiger partial charge >= 0.3 is 11.2 Å². The largest absolute Gasteiger partial charge is 0.457 e. The number of fused-ring (bicyclic) bond motifs is 1. The second-order valence-corrected chi connectivity index (χ2v) is 6.10. The summed E-state index contributed by atoms with van der Waals surface area (Å²) in [5, 5.41) is 4.81. The molecule has 25 heavy (non-hydrogen) atoms. The average Bonchev–Trinajstić information content (AvgIpc) is 2.71. The number of rotatable bonds is 2. The van der Waals surface area contributed by atoms with Crippen molar-refractivity contribution in [1.82, 2.24) is 0 Å². The standard InChI is InChI=1S/C16H5F5N2OS/c1-23-9-4-8(17)5-10(6-9)24-13-3-2-12-14(11(13)7-22)25-16(20,21)15(12,18)19/h2-6H. The number of nitrogens with zero attached hydrogens (tertiary/aromatic N) is 2. The number of thioether (sulfide) groups is 1. The lowest BCUT2D eigenvalue weighted by Crippen LogP contribution is -2.29. The minimum Gasteiger partial charge on any atom is -0.457 e. The van der Waals surface area contributed by atoms with Crippen LogP contribution in [0.3, 0.4) is 0 Å². The van der Waals surface area contributed by atoms with E-state index in [0.717, 1.165) is 24.3 Å². The first kappa shape index (κ1) is 17.1. The van der Waals surface area contributed by atoms with Gasteiger partial charge in [0.25, 0.3) is 0 Å². The Morgan fingerprint density at radius 2 is 1.88 bits per heavy atom. The molecule has 126 valence electrons. The number of alkyl halides is 4. The van der Waals surface area contributed by atoms with Crippen molar-refractivity contribution in [3.63, 3.8) is 0 Å². The summed E-state index contributed by atoms with van der Waals surface area (Å²) in [6.45, 7) is 6.86. The highest BCUT2D eigenvalue weighted by Gasteiger charge is 2.65. The van der Waals surface area contributed by atoms with Crippen LogP contribution in [-0.4, -0.2) is 5.25 Å². The zero-order chi connectivity index (χ0) is 18.4. The molecule has 0 saturated carbocycles. The zero-order valence-electron chi connectivity index (χ0n) is 12.0. The lowest BCUT2D eigenvalue weighted by atomic mass is 10.0. The lowest BCUT2D eigenvalue weighted by molar-refractivity contribution is -0.154. The quantitative estimate of drug-likeness (QED) is 0.494. The molecule has 3 rings (SSSR count). The second-order valence-electron chi connectivity index (χ2n) is 4.98. The monoisotopic (exact) mass is 368 g/mol. The second kappa shape index (κ2) is 5.64. The number of hydrogen-bond acceptors (Lipinski definition) is 3. The topological polar surface area (TPSA) is 37.4 Å². The van der Waals surface area contributed by atoms with Gasteiger partial charge in [-0.2, -0.15) is 22.8 Å². The van der Waals surface area contributed by atoms with Crippen LogP contribution in [0.1, 0.15) is 11.1 Å². The molecule has 1 aliphatic heterocycles. The van der Waals surface area contributed by atoms with Gasteiger partial charge in [0.15, 0.2) is 5.69 Å². The van der Waals surface area contributed by atoms with Crippen LogP contribution < -0.4 is 4.74 Å². The summed E-state index contributed by atoms with van der Waals surface area (Å²) in [6.07, 6.45) is 0. The molecule has 0 aliphatic carbocycles. The van der Waals surface area contributed by atoms with Crippen molar-refractivity contribution in [3.8, 4) is 17.6 Å². The Balaban J connectivity index is 2.09. The number of hydrogen-bond donors (Lipinski definition) is 0. The van der Waals surface area contributed by atoms with E-state index in [2.05, 4.69) is 4.85 Å². The lowest BCUT2D eigenvalue weighted by Gasteiger charge is -2.17. The molecule has 0 bridgehead atoms. The van der Waals surface area contributed by atoms with E-state index in [-0.39, 0.29) is 17.2 Å². The number of nitriles is 1. The van der Waals surface area contributed by atoms with Gasteiger partial charge in [0.05, 0.1) is 6.57 Å². The van der Waals surface area contributed by atoms with Gasteiger partial charge in [-0.15, -0.1) is 0 Å². The van der Waals surface area contributed by atoms with Crippen LogP contribution in [0.2, 0.25) is 0 Å². The number of halogens is 5. The van der Waals surface area contributed by atoms with Crippen LogP contribution in [0, 0.1) is 23.7 Å². The maximum Gasteiger partial charge on any atom is 0.364 e. The van der Waals surface area contributed by atoms with Gasteiger partial charge in [-0.25, -0.2) is 9.24 Å². The maximum atomic E-state index is 13.7. The van der Waals surface area contributed by atoms with Crippen LogP contribution >= 0.6 is 11.8 Å². The molecule has 0 aromatic heterocycles.